The summed E-state index contributed by atoms with van der Waals surface area (Å²) in [7, 11) is 0. The van der Waals surface area contributed by atoms with Gasteiger partial charge in [0.15, 0.2) is 0 Å². The van der Waals surface area contributed by atoms with Crippen LogP contribution in [0.3, 0.4) is 0 Å². The molecule has 0 aliphatic rings. The van der Waals surface area contributed by atoms with Crippen molar-refractivity contribution < 1.29 is 0 Å². The molecule has 29 heavy (non-hydrogen) atoms. The highest BCUT2D eigenvalue weighted by molar-refractivity contribution is 7.13. The number of nitrogens with zero attached hydrogens (tertiary/aromatic N) is 5. The van der Waals surface area contributed by atoms with E-state index in [1.807, 2.05) is 36.7 Å². The number of aromatic nitrogens is 5. The van der Waals surface area contributed by atoms with Crippen molar-refractivity contribution in [3.8, 4) is 22.4 Å². The van der Waals surface area contributed by atoms with Gasteiger partial charge >= 0.3 is 0 Å². The molecule has 0 saturated heterocycles. The van der Waals surface area contributed by atoms with Crippen LogP contribution in [0.5, 0.6) is 0 Å². The SMILES string of the molecule is Cl.Nc1ccc(-c2ccn3c(-c4cccc(Nc5nncs5)c4)cnc3c2)cn1. The van der Waals surface area contributed by atoms with Crippen molar-refractivity contribution in [1.82, 2.24) is 24.6 Å². The van der Waals surface area contributed by atoms with Crippen molar-refractivity contribution in [1.29, 1.82) is 0 Å². The first-order valence-electron chi connectivity index (χ1n) is 8.59. The molecule has 3 N–H and O–H groups in total. The number of nitrogen functional groups attached to an aromatic ring is 1. The second-order valence-corrected chi connectivity index (χ2v) is 7.04. The first kappa shape index (κ1) is 18.9. The molecule has 0 bridgehead atoms. The lowest BCUT2D eigenvalue weighted by atomic mass is 10.1. The zero-order valence-electron chi connectivity index (χ0n) is 15.1. The quantitative estimate of drug-likeness (QED) is 0.438. The first-order chi connectivity index (χ1) is 13.8. The molecule has 4 aromatic heterocycles. The Bertz CT molecular complexity index is 1250. The van der Waals surface area contributed by atoms with Gasteiger partial charge in [0.05, 0.1) is 11.9 Å². The van der Waals surface area contributed by atoms with Crippen molar-refractivity contribution in [2.24, 2.45) is 0 Å². The van der Waals surface area contributed by atoms with Gasteiger partial charge in [-0.05, 0) is 42.0 Å². The molecule has 144 valence electrons. The van der Waals surface area contributed by atoms with E-state index < -0.39 is 0 Å². The van der Waals surface area contributed by atoms with Crippen LogP contribution in [0.15, 0.2) is 72.6 Å². The second kappa shape index (κ2) is 7.86. The van der Waals surface area contributed by atoms with E-state index in [1.54, 1.807) is 17.8 Å². The number of fused-ring (bicyclic) bond motifs is 1. The number of rotatable bonds is 4. The number of hydrogen-bond donors (Lipinski definition) is 2. The Hall–Kier alpha value is -3.49. The van der Waals surface area contributed by atoms with Crippen LogP contribution in [0.2, 0.25) is 0 Å². The number of halogens is 1. The summed E-state index contributed by atoms with van der Waals surface area (Å²) < 4.78 is 2.07. The average molecular weight is 422 g/mol. The summed E-state index contributed by atoms with van der Waals surface area (Å²) in [6, 6.07) is 16.0. The molecule has 0 fully saturated rings. The number of benzene rings is 1. The molecule has 9 heteroatoms. The zero-order chi connectivity index (χ0) is 18.9. The van der Waals surface area contributed by atoms with Crippen LogP contribution in [0.1, 0.15) is 0 Å². The lowest BCUT2D eigenvalue weighted by molar-refractivity contribution is 1.09. The van der Waals surface area contributed by atoms with E-state index in [0.29, 0.717) is 5.82 Å². The summed E-state index contributed by atoms with van der Waals surface area (Å²) in [5.41, 5.74) is 13.3. The normalized spacial score (nSPS) is 10.6. The smallest absolute Gasteiger partial charge is 0.209 e. The first-order valence-corrected chi connectivity index (χ1v) is 9.47. The Labute approximate surface area is 176 Å². The Morgan fingerprint density at radius 3 is 2.66 bits per heavy atom. The maximum Gasteiger partial charge on any atom is 0.209 e. The zero-order valence-corrected chi connectivity index (χ0v) is 16.7. The third kappa shape index (κ3) is 3.75. The van der Waals surface area contributed by atoms with E-state index in [1.165, 1.54) is 11.3 Å². The molecule has 0 aliphatic heterocycles. The summed E-state index contributed by atoms with van der Waals surface area (Å²) in [6.07, 6.45) is 5.67. The van der Waals surface area contributed by atoms with E-state index in [-0.39, 0.29) is 12.4 Å². The Balaban J connectivity index is 0.00000205. The second-order valence-electron chi connectivity index (χ2n) is 6.21. The van der Waals surface area contributed by atoms with E-state index in [0.717, 1.165) is 38.9 Å². The predicted molar refractivity (Wildman–Crippen MR) is 119 cm³/mol. The molecule has 0 aliphatic carbocycles. The topological polar surface area (TPSA) is 94.0 Å². The summed E-state index contributed by atoms with van der Waals surface area (Å²) in [5.74, 6) is 0.509. The van der Waals surface area contributed by atoms with Crippen LogP contribution in [0, 0.1) is 0 Å². The average Bonchev–Trinajstić information content (AvgIpc) is 3.38. The minimum absolute atomic E-state index is 0. The summed E-state index contributed by atoms with van der Waals surface area (Å²) in [5, 5.41) is 11.9. The fourth-order valence-electron chi connectivity index (χ4n) is 3.06. The Morgan fingerprint density at radius 1 is 0.931 bits per heavy atom. The molecule has 1 aromatic carbocycles. The van der Waals surface area contributed by atoms with Gasteiger partial charge in [0, 0.05) is 29.2 Å². The van der Waals surface area contributed by atoms with Crippen molar-refractivity contribution in [3.05, 3.63) is 72.6 Å². The van der Waals surface area contributed by atoms with Crippen LogP contribution >= 0.6 is 23.7 Å². The molecular formula is C20H16ClN7S. The Kier molecular flexibility index (Phi) is 5.11. The third-order valence-corrected chi connectivity index (χ3v) is 5.01. The van der Waals surface area contributed by atoms with Gasteiger partial charge in [0.2, 0.25) is 5.13 Å². The minimum atomic E-state index is 0. The van der Waals surface area contributed by atoms with Crippen LogP contribution in [-0.4, -0.2) is 24.6 Å². The highest BCUT2D eigenvalue weighted by atomic mass is 35.5. The predicted octanol–water partition coefficient (Wildman–Crippen LogP) is 4.66. The molecule has 4 heterocycles. The molecule has 5 aromatic rings. The van der Waals surface area contributed by atoms with Gasteiger partial charge in [-0.1, -0.05) is 23.5 Å². The van der Waals surface area contributed by atoms with Gasteiger partial charge < -0.3 is 11.1 Å². The molecule has 0 radical (unpaired) electrons. The van der Waals surface area contributed by atoms with Gasteiger partial charge in [-0.3, -0.25) is 4.40 Å². The van der Waals surface area contributed by atoms with Crippen molar-refractivity contribution in [2.75, 3.05) is 11.1 Å². The molecule has 0 saturated carbocycles. The molecule has 0 unspecified atom stereocenters. The summed E-state index contributed by atoms with van der Waals surface area (Å²) >= 11 is 1.46. The number of pyridine rings is 2. The van der Waals surface area contributed by atoms with E-state index in [4.69, 9.17) is 5.73 Å². The van der Waals surface area contributed by atoms with Crippen molar-refractivity contribution >= 4 is 46.0 Å². The maximum atomic E-state index is 5.68. The number of anilines is 3. The number of imidazole rings is 1. The van der Waals surface area contributed by atoms with Gasteiger partial charge in [0.25, 0.3) is 0 Å². The van der Waals surface area contributed by atoms with Crippen LogP contribution in [-0.2, 0) is 0 Å². The fourth-order valence-corrected chi connectivity index (χ4v) is 3.52. The van der Waals surface area contributed by atoms with Crippen LogP contribution < -0.4 is 11.1 Å². The van der Waals surface area contributed by atoms with Gasteiger partial charge in [0.1, 0.15) is 17.0 Å². The van der Waals surface area contributed by atoms with Crippen molar-refractivity contribution in [2.45, 2.75) is 0 Å². The molecular weight excluding hydrogens is 406 g/mol. The van der Waals surface area contributed by atoms with Crippen LogP contribution in [0.25, 0.3) is 28.0 Å². The van der Waals surface area contributed by atoms with E-state index >= 15 is 0 Å². The highest BCUT2D eigenvalue weighted by Gasteiger charge is 2.09. The molecule has 0 amide bonds. The highest BCUT2D eigenvalue weighted by Crippen LogP contribution is 2.28. The summed E-state index contributed by atoms with van der Waals surface area (Å²) in [4.78, 5) is 8.74. The fraction of sp³-hybridized carbons (Fsp3) is 0. The van der Waals surface area contributed by atoms with E-state index in [9.17, 15) is 0 Å². The monoisotopic (exact) mass is 421 g/mol. The van der Waals surface area contributed by atoms with Crippen LogP contribution in [0.4, 0.5) is 16.6 Å². The lowest BCUT2D eigenvalue weighted by Crippen LogP contribution is -1.93. The summed E-state index contributed by atoms with van der Waals surface area (Å²) in [6.45, 7) is 0. The Morgan fingerprint density at radius 2 is 1.86 bits per heavy atom. The molecule has 5 rings (SSSR count). The lowest BCUT2D eigenvalue weighted by Gasteiger charge is -2.07. The standard InChI is InChI=1S/C20H15N7S.ClH/c21-18-5-4-15(10-22-18)13-6-7-27-17(11-23-19(27)9-13)14-2-1-3-16(8-14)25-20-26-24-12-28-20;/h1-12H,(H2,21,22)(H,25,26);1H. The number of nitrogens with one attached hydrogen (secondary N) is 1. The molecule has 0 spiro atoms. The third-order valence-electron chi connectivity index (χ3n) is 4.40. The van der Waals surface area contributed by atoms with Gasteiger partial charge in [-0.15, -0.1) is 22.6 Å². The largest absolute Gasteiger partial charge is 0.384 e. The van der Waals surface area contributed by atoms with Crippen molar-refractivity contribution in [3.63, 3.8) is 0 Å². The van der Waals surface area contributed by atoms with Gasteiger partial charge in [-0.2, -0.15) is 0 Å². The number of hydrogen-bond acceptors (Lipinski definition) is 7. The maximum absolute atomic E-state index is 5.68. The minimum Gasteiger partial charge on any atom is -0.384 e. The van der Waals surface area contributed by atoms with Gasteiger partial charge in [-0.25, -0.2) is 9.97 Å². The molecule has 0 atom stereocenters. The molecule has 7 nitrogen and oxygen atoms in total. The van der Waals surface area contributed by atoms with E-state index in [2.05, 4.69) is 48.1 Å². The number of nitrogens with two attached hydrogens (primary N) is 1.